The minimum Gasteiger partial charge on any atom is -0.496 e. The third kappa shape index (κ3) is 5.33. The molecule has 122 valence electrons. The van der Waals surface area contributed by atoms with Gasteiger partial charge in [-0.25, -0.2) is 0 Å². The van der Waals surface area contributed by atoms with Gasteiger partial charge in [-0.3, -0.25) is 4.79 Å². The summed E-state index contributed by atoms with van der Waals surface area (Å²) in [6.45, 7) is 1.32. The highest BCUT2D eigenvalue weighted by Gasteiger charge is 2.06. The molecule has 2 aromatic carbocycles. The number of nitrogens with zero attached hydrogens (tertiary/aromatic N) is 1. The van der Waals surface area contributed by atoms with Crippen LogP contribution in [-0.4, -0.2) is 33.2 Å². The first-order valence-electron chi connectivity index (χ1n) is 7.85. The summed E-state index contributed by atoms with van der Waals surface area (Å²) in [4.78, 5) is 14.0. The quantitative estimate of drug-likeness (QED) is 0.815. The maximum atomic E-state index is 12.0. The highest BCUT2D eigenvalue weighted by molar-refractivity contribution is 5.76. The number of carbonyl (C=O) groups excluding carboxylic acids is 1. The molecule has 1 amide bonds. The normalized spacial score (nSPS) is 10.2. The largest absolute Gasteiger partial charge is 0.496 e. The van der Waals surface area contributed by atoms with Gasteiger partial charge >= 0.3 is 0 Å². The van der Waals surface area contributed by atoms with Crippen LogP contribution >= 0.6 is 0 Å². The second kappa shape index (κ2) is 8.83. The second-order valence-corrected chi connectivity index (χ2v) is 5.42. The molecule has 0 radical (unpaired) electrons. The summed E-state index contributed by atoms with van der Waals surface area (Å²) in [5.41, 5.74) is 2.23. The van der Waals surface area contributed by atoms with Crippen molar-refractivity contribution in [2.75, 3.05) is 32.1 Å². The first-order chi connectivity index (χ1) is 11.2. The molecule has 0 aliphatic carbocycles. The lowest BCUT2D eigenvalue weighted by molar-refractivity contribution is -0.120. The summed E-state index contributed by atoms with van der Waals surface area (Å²) in [5, 5.41) is 2.97. The van der Waals surface area contributed by atoms with Gasteiger partial charge in [-0.2, -0.15) is 0 Å². The predicted octanol–water partition coefficient (Wildman–Crippen LogP) is 2.88. The molecule has 2 aromatic rings. The Kier molecular flexibility index (Phi) is 6.48. The smallest absolute Gasteiger partial charge is 0.221 e. The van der Waals surface area contributed by atoms with Gasteiger partial charge in [-0.15, -0.1) is 0 Å². The van der Waals surface area contributed by atoms with Gasteiger partial charge in [0.05, 0.1) is 7.11 Å². The molecule has 0 aliphatic rings. The fourth-order valence-electron chi connectivity index (χ4n) is 2.42. The van der Waals surface area contributed by atoms with Crippen LogP contribution < -0.4 is 15.0 Å². The van der Waals surface area contributed by atoms with Crippen LogP contribution in [0.2, 0.25) is 0 Å². The molecule has 23 heavy (non-hydrogen) atoms. The van der Waals surface area contributed by atoms with E-state index in [9.17, 15) is 4.79 Å². The van der Waals surface area contributed by atoms with Crippen LogP contribution in [0.25, 0.3) is 0 Å². The van der Waals surface area contributed by atoms with Crippen molar-refractivity contribution in [3.63, 3.8) is 0 Å². The Bertz CT molecular complexity index is 614. The van der Waals surface area contributed by atoms with E-state index in [1.165, 1.54) is 0 Å². The number of ether oxygens (including phenoxy) is 1. The van der Waals surface area contributed by atoms with Gasteiger partial charge in [0.2, 0.25) is 5.91 Å². The van der Waals surface area contributed by atoms with Crippen LogP contribution in [0.5, 0.6) is 5.75 Å². The average molecular weight is 312 g/mol. The molecule has 0 saturated heterocycles. The van der Waals surface area contributed by atoms with Crippen molar-refractivity contribution in [3.05, 3.63) is 60.2 Å². The molecule has 0 fully saturated rings. The Labute approximate surface area is 138 Å². The molecular formula is C19H24N2O2. The molecule has 0 aromatic heterocycles. The molecule has 0 bridgehead atoms. The van der Waals surface area contributed by atoms with Gasteiger partial charge in [0.15, 0.2) is 0 Å². The number of benzene rings is 2. The lowest BCUT2D eigenvalue weighted by Crippen LogP contribution is -2.30. The fourth-order valence-corrected chi connectivity index (χ4v) is 2.42. The molecule has 0 spiro atoms. The molecule has 0 saturated carbocycles. The number of hydrogen-bond donors (Lipinski definition) is 1. The molecule has 2 rings (SSSR count). The fraction of sp³-hybridized carbons (Fsp3) is 0.316. The van der Waals surface area contributed by atoms with E-state index in [-0.39, 0.29) is 5.91 Å². The number of hydrogen-bond acceptors (Lipinski definition) is 3. The summed E-state index contributed by atoms with van der Waals surface area (Å²) < 4.78 is 5.31. The van der Waals surface area contributed by atoms with Crippen molar-refractivity contribution in [1.82, 2.24) is 5.32 Å². The van der Waals surface area contributed by atoms with Crippen LogP contribution in [0.3, 0.4) is 0 Å². The maximum absolute atomic E-state index is 12.0. The molecule has 4 nitrogen and oxygen atoms in total. The number of amides is 1. The lowest BCUT2D eigenvalue weighted by Gasteiger charge is -2.18. The standard InChI is InChI=1S/C19H24N2O2/c1-21(17-9-4-3-5-10-17)15-13-19(22)20-14-12-16-8-6-7-11-18(16)23-2/h3-11H,12-15H2,1-2H3,(H,20,22). The SMILES string of the molecule is COc1ccccc1CCNC(=O)CCN(C)c1ccccc1. The van der Waals surface area contributed by atoms with E-state index in [0.717, 1.165) is 23.4 Å². The summed E-state index contributed by atoms with van der Waals surface area (Å²) in [6.07, 6.45) is 1.25. The summed E-state index contributed by atoms with van der Waals surface area (Å²) in [5.74, 6) is 0.938. The van der Waals surface area contributed by atoms with Gasteiger partial charge in [-0.05, 0) is 30.2 Å². The first-order valence-corrected chi connectivity index (χ1v) is 7.85. The molecule has 0 unspecified atom stereocenters. The molecular weight excluding hydrogens is 288 g/mol. The van der Waals surface area contributed by atoms with Crippen molar-refractivity contribution in [1.29, 1.82) is 0 Å². The Morgan fingerprint density at radius 2 is 1.78 bits per heavy atom. The van der Waals surface area contributed by atoms with E-state index in [2.05, 4.69) is 10.2 Å². The van der Waals surface area contributed by atoms with Crippen LogP contribution in [0, 0.1) is 0 Å². The number of methoxy groups -OCH3 is 1. The van der Waals surface area contributed by atoms with Crippen molar-refractivity contribution in [3.8, 4) is 5.75 Å². The zero-order valence-corrected chi connectivity index (χ0v) is 13.8. The van der Waals surface area contributed by atoms with E-state index in [1.54, 1.807) is 7.11 Å². The Hall–Kier alpha value is -2.49. The van der Waals surface area contributed by atoms with E-state index in [0.29, 0.717) is 19.5 Å². The summed E-state index contributed by atoms with van der Waals surface area (Å²) >= 11 is 0. The van der Waals surface area contributed by atoms with E-state index in [1.807, 2.05) is 61.6 Å². The second-order valence-electron chi connectivity index (χ2n) is 5.42. The van der Waals surface area contributed by atoms with Gasteiger partial charge < -0.3 is 15.0 Å². The van der Waals surface area contributed by atoms with E-state index in [4.69, 9.17) is 4.74 Å². The molecule has 4 heteroatoms. The van der Waals surface area contributed by atoms with Crippen LogP contribution in [-0.2, 0) is 11.2 Å². The summed E-state index contributed by atoms with van der Waals surface area (Å²) in [7, 11) is 3.66. The highest BCUT2D eigenvalue weighted by Crippen LogP contribution is 2.17. The van der Waals surface area contributed by atoms with Gasteiger partial charge in [-0.1, -0.05) is 36.4 Å². The number of nitrogens with one attached hydrogen (secondary N) is 1. The van der Waals surface area contributed by atoms with Crippen molar-refractivity contribution < 1.29 is 9.53 Å². The van der Waals surface area contributed by atoms with Crippen LogP contribution in [0.15, 0.2) is 54.6 Å². The maximum Gasteiger partial charge on any atom is 0.221 e. The minimum atomic E-state index is 0.0719. The topological polar surface area (TPSA) is 41.6 Å². The monoisotopic (exact) mass is 312 g/mol. The minimum absolute atomic E-state index is 0.0719. The number of carbonyl (C=O) groups is 1. The average Bonchev–Trinajstić information content (AvgIpc) is 2.61. The third-order valence-electron chi connectivity index (χ3n) is 3.78. The zero-order chi connectivity index (χ0) is 16.5. The van der Waals surface area contributed by atoms with Crippen LogP contribution in [0.1, 0.15) is 12.0 Å². The summed E-state index contributed by atoms with van der Waals surface area (Å²) in [6, 6.07) is 18.0. The molecule has 1 N–H and O–H groups in total. The number of para-hydroxylation sites is 2. The Morgan fingerprint density at radius 3 is 2.52 bits per heavy atom. The zero-order valence-electron chi connectivity index (χ0n) is 13.8. The molecule has 0 heterocycles. The van der Waals surface area contributed by atoms with Crippen molar-refractivity contribution >= 4 is 11.6 Å². The van der Waals surface area contributed by atoms with Gasteiger partial charge in [0.25, 0.3) is 0 Å². The van der Waals surface area contributed by atoms with Crippen molar-refractivity contribution in [2.45, 2.75) is 12.8 Å². The number of anilines is 1. The van der Waals surface area contributed by atoms with E-state index >= 15 is 0 Å². The van der Waals surface area contributed by atoms with E-state index < -0.39 is 0 Å². The predicted molar refractivity (Wildman–Crippen MR) is 94.0 cm³/mol. The Balaban J connectivity index is 1.71. The Morgan fingerprint density at radius 1 is 1.09 bits per heavy atom. The third-order valence-corrected chi connectivity index (χ3v) is 3.78. The van der Waals surface area contributed by atoms with Crippen LogP contribution in [0.4, 0.5) is 5.69 Å². The highest BCUT2D eigenvalue weighted by atomic mass is 16.5. The van der Waals surface area contributed by atoms with Gasteiger partial charge in [0.1, 0.15) is 5.75 Å². The van der Waals surface area contributed by atoms with Crippen molar-refractivity contribution in [2.24, 2.45) is 0 Å². The lowest BCUT2D eigenvalue weighted by atomic mass is 10.1. The first kappa shape index (κ1) is 16.9. The van der Waals surface area contributed by atoms with Gasteiger partial charge in [0, 0.05) is 32.2 Å². The molecule has 0 aliphatic heterocycles. The molecule has 0 atom stereocenters. The number of rotatable bonds is 8.